The summed E-state index contributed by atoms with van der Waals surface area (Å²) in [4.78, 5) is 42.1. The first-order valence-electron chi connectivity index (χ1n) is 11.6. The van der Waals surface area contributed by atoms with Crippen molar-refractivity contribution in [3.63, 3.8) is 0 Å². The lowest BCUT2D eigenvalue weighted by atomic mass is 9.95. The predicted molar refractivity (Wildman–Crippen MR) is 118 cm³/mol. The van der Waals surface area contributed by atoms with Crippen LogP contribution in [0, 0.1) is 5.92 Å². The first kappa shape index (κ1) is 20.8. The van der Waals surface area contributed by atoms with E-state index in [4.69, 9.17) is 4.42 Å². The van der Waals surface area contributed by atoms with E-state index in [2.05, 4.69) is 5.32 Å². The highest BCUT2D eigenvalue weighted by molar-refractivity contribution is 5.95. The number of carbonyl (C=O) groups is 3. The van der Waals surface area contributed by atoms with Gasteiger partial charge in [0.25, 0.3) is 11.8 Å². The summed E-state index contributed by atoms with van der Waals surface area (Å²) in [5.41, 5.74) is 2.21. The van der Waals surface area contributed by atoms with E-state index < -0.39 is 0 Å². The third-order valence-corrected chi connectivity index (χ3v) is 6.58. The Hall–Kier alpha value is -3.09. The van der Waals surface area contributed by atoms with Gasteiger partial charge in [0.15, 0.2) is 0 Å². The Bertz CT molecular complexity index is 977. The zero-order chi connectivity index (χ0) is 22.1. The monoisotopic (exact) mass is 435 g/mol. The van der Waals surface area contributed by atoms with Crippen molar-refractivity contribution in [1.82, 2.24) is 15.1 Å². The lowest BCUT2D eigenvalue weighted by Crippen LogP contribution is -2.47. The lowest BCUT2D eigenvalue weighted by molar-refractivity contribution is -0.138. The van der Waals surface area contributed by atoms with Crippen LogP contribution in [0.25, 0.3) is 0 Å². The van der Waals surface area contributed by atoms with E-state index in [1.807, 2.05) is 29.2 Å². The fourth-order valence-electron chi connectivity index (χ4n) is 4.39. The molecule has 1 aromatic carbocycles. The van der Waals surface area contributed by atoms with Gasteiger partial charge in [-0.3, -0.25) is 14.4 Å². The molecular weight excluding hydrogens is 406 g/mol. The first-order valence-corrected chi connectivity index (χ1v) is 11.6. The van der Waals surface area contributed by atoms with E-state index in [9.17, 15) is 14.4 Å². The summed E-state index contributed by atoms with van der Waals surface area (Å²) >= 11 is 0. The van der Waals surface area contributed by atoms with Gasteiger partial charge < -0.3 is 19.5 Å². The van der Waals surface area contributed by atoms with Gasteiger partial charge in [0, 0.05) is 37.3 Å². The number of furan rings is 1. The summed E-state index contributed by atoms with van der Waals surface area (Å²) in [7, 11) is 0. The van der Waals surface area contributed by atoms with Crippen LogP contribution in [0.15, 0.2) is 47.3 Å². The largest absolute Gasteiger partial charge is 0.472 e. The SMILES string of the molecule is O=C(NC1CC1)c1ccc(CN(C(=O)C2CCCN(C(=O)c3ccoc3)C2)C2CC2)cc1. The molecule has 0 spiro atoms. The molecular formula is C25H29N3O4. The molecule has 32 heavy (non-hydrogen) atoms. The molecule has 7 nitrogen and oxygen atoms in total. The second kappa shape index (κ2) is 8.81. The standard InChI is InChI=1S/C25H29N3O4/c29-23(26-21-7-8-21)18-5-3-17(4-6-18)14-28(22-9-10-22)25(31)19-2-1-12-27(15-19)24(30)20-11-13-32-16-20/h3-6,11,13,16,19,21-22H,1-2,7-10,12,14-15H2,(H,26,29). The van der Waals surface area contributed by atoms with Gasteiger partial charge in [-0.2, -0.15) is 0 Å². The number of likely N-dealkylation sites (tertiary alicyclic amines) is 1. The molecule has 5 rings (SSSR count). The summed E-state index contributed by atoms with van der Waals surface area (Å²) in [6, 6.07) is 9.85. The molecule has 2 aliphatic carbocycles. The number of hydrogen-bond donors (Lipinski definition) is 1. The molecule has 168 valence electrons. The number of amides is 3. The van der Waals surface area contributed by atoms with Crippen molar-refractivity contribution in [3.8, 4) is 0 Å². The van der Waals surface area contributed by atoms with Gasteiger partial charge in [0.1, 0.15) is 6.26 Å². The molecule has 1 unspecified atom stereocenters. The van der Waals surface area contributed by atoms with Crippen molar-refractivity contribution >= 4 is 17.7 Å². The number of piperidine rings is 1. The Balaban J connectivity index is 1.23. The molecule has 1 aliphatic heterocycles. The van der Waals surface area contributed by atoms with Crippen molar-refractivity contribution in [2.24, 2.45) is 5.92 Å². The quantitative estimate of drug-likeness (QED) is 0.724. The molecule has 3 aliphatic rings. The minimum atomic E-state index is -0.177. The molecule has 1 saturated heterocycles. The lowest BCUT2D eigenvalue weighted by Gasteiger charge is -2.35. The van der Waals surface area contributed by atoms with Crippen molar-refractivity contribution in [2.75, 3.05) is 13.1 Å². The molecule has 3 amide bonds. The molecule has 0 radical (unpaired) electrons. The molecule has 2 saturated carbocycles. The Morgan fingerprint density at radius 2 is 1.78 bits per heavy atom. The highest BCUT2D eigenvalue weighted by Gasteiger charge is 2.38. The fraction of sp³-hybridized carbons (Fsp3) is 0.480. The number of benzene rings is 1. The van der Waals surface area contributed by atoms with Crippen molar-refractivity contribution < 1.29 is 18.8 Å². The van der Waals surface area contributed by atoms with E-state index in [1.165, 1.54) is 12.5 Å². The van der Waals surface area contributed by atoms with Gasteiger partial charge in [-0.05, 0) is 62.3 Å². The maximum atomic E-state index is 13.4. The van der Waals surface area contributed by atoms with Crippen LogP contribution in [-0.4, -0.2) is 52.7 Å². The van der Waals surface area contributed by atoms with Gasteiger partial charge in [-0.1, -0.05) is 12.1 Å². The maximum Gasteiger partial charge on any atom is 0.257 e. The van der Waals surface area contributed by atoms with E-state index in [0.29, 0.717) is 36.8 Å². The van der Waals surface area contributed by atoms with Crippen LogP contribution in [0.1, 0.15) is 64.8 Å². The van der Waals surface area contributed by atoms with Crippen LogP contribution in [0.3, 0.4) is 0 Å². The number of carbonyl (C=O) groups excluding carboxylic acids is 3. The second-order valence-electron chi connectivity index (χ2n) is 9.24. The number of nitrogens with zero attached hydrogens (tertiary/aromatic N) is 2. The highest BCUT2D eigenvalue weighted by Crippen LogP contribution is 2.32. The summed E-state index contributed by atoms with van der Waals surface area (Å²) in [6.07, 6.45) is 8.76. The summed E-state index contributed by atoms with van der Waals surface area (Å²) in [6.45, 7) is 1.66. The van der Waals surface area contributed by atoms with E-state index in [1.54, 1.807) is 11.0 Å². The van der Waals surface area contributed by atoms with Crippen LogP contribution in [0.4, 0.5) is 0 Å². The van der Waals surface area contributed by atoms with Crippen LogP contribution in [0.2, 0.25) is 0 Å². The number of rotatable bonds is 7. The third-order valence-electron chi connectivity index (χ3n) is 6.58. The molecule has 2 aromatic rings. The number of nitrogens with one attached hydrogen (secondary N) is 1. The Morgan fingerprint density at radius 3 is 2.44 bits per heavy atom. The van der Waals surface area contributed by atoms with Gasteiger partial charge in [-0.25, -0.2) is 0 Å². The van der Waals surface area contributed by atoms with E-state index in [0.717, 1.165) is 44.1 Å². The maximum absolute atomic E-state index is 13.4. The van der Waals surface area contributed by atoms with Crippen LogP contribution >= 0.6 is 0 Å². The molecule has 1 atom stereocenters. The van der Waals surface area contributed by atoms with Crippen LogP contribution in [0.5, 0.6) is 0 Å². The zero-order valence-electron chi connectivity index (χ0n) is 18.2. The second-order valence-corrected chi connectivity index (χ2v) is 9.24. The predicted octanol–water partition coefficient (Wildman–Crippen LogP) is 3.22. The molecule has 0 bridgehead atoms. The van der Waals surface area contributed by atoms with Crippen LogP contribution < -0.4 is 5.32 Å². The molecule has 2 heterocycles. The van der Waals surface area contributed by atoms with Crippen molar-refractivity contribution in [3.05, 3.63) is 59.5 Å². The van der Waals surface area contributed by atoms with Gasteiger partial charge in [0.2, 0.25) is 5.91 Å². The van der Waals surface area contributed by atoms with Crippen molar-refractivity contribution in [1.29, 1.82) is 0 Å². The average molecular weight is 436 g/mol. The normalized spacial score (nSPS) is 20.6. The van der Waals surface area contributed by atoms with Crippen molar-refractivity contribution in [2.45, 2.75) is 57.2 Å². The average Bonchev–Trinajstić information content (AvgIpc) is 3.76. The molecule has 3 fully saturated rings. The summed E-state index contributed by atoms with van der Waals surface area (Å²) in [5, 5.41) is 3.00. The molecule has 1 aromatic heterocycles. The zero-order valence-corrected chi connectivity index (χ0v) is 18.2. The third kappa shape index (κ3) is 4.71. The van der Waals surface area contributed by atoms with Crippen LogP contribution in [-0.2, 0) is 11.3 Å². The minimum absolute atomic E-state index is 0.0289. The van der Waals surface area contributed by atoms with Gasteiger partial charge >= 0.3 is 0 Å². The van der Waals surface area contributed by atoms with E-state index >= 15 is 0 Å². The Morgan fingerprint density at radius 1 is 1.00 bits per heavy atom. The highest BCUT2D eigenvalue weighted by atomic mass is 16.3. The van der Waals surface area contributed by atoms with Gasteiger partial charge in [-0.15, -0.1) is 0 Å². The molecule has 7 heteroatoms. The summed E-state index contributed by atoms with van der Waals surface area (Å²) < 4.78 is 5.04. The fourth-order valence-corrected chi connectivity index (χ4v) is 4.39. The van der Waals surface area contributed by atoms with E-state index in [-0.39, 0.29) is 29.7 Å². The molecule has 1 N–H and O–H groups in total. The number of hydrogen-bond acceptors (Lipinski definition) is 4. The van der Waals surface area contributed by atoms with Gasteiger partial charge in [0.05, 0.1) is 17.7 Å². The first-order chi connectivity index (χ1) is 15.6. The smallest absolute Gasteiger partial charge is 0.257 e. The Labute approximate surface area is 187 Å². The Kier molecular flexibility index (Phi) is 5.72. The topological polar surface area (TPSA) is 82.9 Å². The minimum Gasteiger partial charge on any atom is -0.472 e. The summed E-state index contributed by atoms with van der Waals surface area (Å²) in [5.74, 6) is -0.149.